The Labute approximate surface area is 130 Å². The number of nitrogens with one attached hydrogen (secondary N) is 1. The molecule has 0 saturated heterocycles. The van der Waals surface area contributed by atoms with Gasteiger partial charge in [-0.2, -0.15) is 0 Å². The highest BCUT2D eigenvalue weighted by molar-refractivity contribution is 5.43. The lowest BCUT2D eigenvalue weighted by molar-refractivity contribution is 0.401. The van der Waals surface area contributed by atoms with Crippen LogP contribution in [0.2, 0.25) is 0 Å². The number of hydrogen-bond acceptors (Lipinski definition) is 4. The average molecular weight is 292 g/mol. The molecule has 0 aliphatic heterocycles. The van der Waals surface area contributed by atoms with Crippen LogP contribution in [0.4, 0.5) is 5.69 Å². The largest absolute Gasteiger partial charge is 0.373 e. The van der Waals surface area contributed by atoms with Crippen LogP contribution in [0.1, 0.15) is 44.8 Å². The molecule has 0 radical (unpaired) electrons. The molecular weight excluding hydrogens is 260 g/mol. The Morgan fingerprint density at radius 1 is 1.14 bits per heavy atom. The molecule has 0 amide bonds. The molecule has 0 fully saturated rings. The topological polar surface area (TPSA) is 31.4 Å². The molecule has 0 spiro atoms. The van der Waals surface area contributed by atoms with Crippen molar-refractivity contribution in [1.29, 1.82) is 0 Å². The Morgan fingerprint density at radius 3 is 2.43 bits per heavy atom. The van der Waals surface area contributed by atoms with Crippen molar-refractivity contribution in [2.24, 2.45) is 0 Å². The lowest BCUT2D eigenvalue weighted by atomic mass is 10.1. The van der Waals surface area contributed by atoms with Gasteiger partial charge in [0.05, 0.1) is 17.6 Å². The van der Waals surface area contributed by atoms with E-state index in [2.05, 4.69) is 67.2 Å². The number of hydrogen-bond donors (Lipinski definition) is 1. The summed E-state index contributed by atoms with van der Waals surface area (Å²) in [5.74, 6) is 0. The van der Waals surface area contributed by atoms with E-state index in [0.29, 0.717) is 6.04 Å². The Hall–Kier alpha value is -1.13. The normalized spacial score (nSPS) is 12.7. The predicted octanol–water partition coefficient (Wildman–Crippen LogP) is 2.92. The third kappa shape index (κ3) is 6.44. The first-order valence-electron chi connectivity index (χ1n) is 8.13. The molecule has 0 aliphatic rings. The van der Waals surface area contributed by atoms with E-state index in [-0.39, 0.29) is 0 Å². The quantitative estimate of drug-likeness (QED) is 0.718. The van der Waals surface area contributed by atoms with Crippen molar-refractivity contribution in [3.05, 3.63) is 24.0 Å². The minimum atomic E-state index is 0.373. The van der Waals surface area contributed by atoms with Gasteiger partial charge in [-0.1, -0.05) is 13.8 Å². The summed E-state index contributed by atoms with van der Waals surface area (Å²) in [7, 11) is 6.37. The molecule has 0 bridgehead atoms. The first-order valence-corrected chi connectivity index (χ1v) is 8.13. The fraction of sp³-hybridized carbons (Fsp3) is 0.706. The predicted molar refractivity (Wildman–Crippen MR) is 92.0 cm³/mol. The summed E-state index contributed by atoms with van der Waals surface area (Å²) in [6, 6.07) is 4.72. The molecule has 1 aromatic rings. The van der Waals surface area contributed by atoms with Crippen LogP contribution in [0, 0.1) is 0 Å². The van der Waals surface area contributed by atoms with E-state index in [1.807, 2.05) is 6.20 Å². The molecule has 0 aromatic carbocycles. The molecule has 4 nitrogen and oxygen atoms in total. The van der Waals surface area contributed by atoms with Crippen molar-refractivity contribution in [2.75, 3.05) is 45.7 Å². The van der Waals surface area contributed by atoms with Gasteiger partial charge in [-0.05, 0) is 58.6 Å². The van der Waals surface area contributed by atoms with E-state index in [4.69, 9.17) is 0 Å². The molecule has 120 valence electrons. The van der Waals surface area contributed by atoms with Gasteiger partial charge in [0.2, 0.25) is 0 Å². The Bertz CT molecular complexity index is 375. The molecule has 4 heteroatoms. The molecule has 1 heterocycles. The molecule has 0 saturated carbocycles. The molecule has 1 N–H and O–H groups in total. The third-order valence-corrected chi connectivity index (χ3v) is 3.72. The van der Waals surface area contributed by atoms with E-state index in [9.17, 15) is 0 Å². The summed E-state index contributed by atoms with van der Waals surface area (Å²) in [4.78, 5) is 9.15. The number of anilines is 1. The smallest absolute Gasteiger partial charge is 0.0574 e. The minimum absolute atomic E-state index is 0.373. The van der Waals surface area contributed by atoms with Crippen molar-refractivity contribution in [3.63, 3.8) is 0 Å². The van der Waals surface area contributed by atoms with Crippen molar-refractivity contribution in [3.8, 4) is 0 Å². The Morgan fingerprint density at radius 2 is 1.90 bits per heavy atom. The summed E-state index contributed by atoms with van der Waals surface area (Å²) in [5, 5.41) is 3.55. The first-order chi connectivity index (χ1) is 10.1. The van der Waals surface area contributed by atoms with Crippen LogP contribution in [0.25, 0.3) is 0 Å². The zero-order chi connectivity index (χ0) is 15.7. The highest BCUT2D eigenvalue weighted by atomic mass is 15.1. The lowest BCUT2D eigenvalue weighted by Gasteiger charge is -2.21. The number of rotatable bonds is 10. The van der Waals surface area contributed by atoms with Crippen LogP contribution in [-0.2, 0) is 0 Å². The van der Waals surface area contributed by atoms with E-state index < -0.39 is 0 Å². The molecule has 0 aliphatic carbocycles. The molecule has 21 heavy (non-hydrogen) atoms. The Kier molecular flexibility index (Phi) is 8.31. The summed E-state index contributed by atoms with van der Waals surface area (Å²) in [6.07, 6.45) is 5.40. The summed E-state index contributed by atoms with van der Waals surface area (Å²) in [6.45, 7) is 7.63. The minimum Gasteiger partial charge on any atom is -0.373 e. The van der Waals surface area contributed by atoms with Crippen molar-refractivity contribution in [1.82, 2.24) is 15.2 Å². The van der Waals surface area contributed by atoms with Crippen molar-refractivity contribution >= 4 is 5.69 Å². The lowest BCUT2D eigenvalue weighted by Crippen LogP contribution is -2.24. The molecule has 1 unspecified atom stereocenters. The number of nitrogens with zero attached hydrogens (tertiary/aromatic N) is 3. The zero-order valence-electron chi connectivity index (χ0n) is 14.4. The van der Waals surface area contributed by atoms with E-state index >= 15 is 0 Å². The van der Waals surface area contributed by atoms with Crippen LogP contribution < -0.4 is 10.2 Å². The highest BCUT2D eigenvalue weighted by Gasteiger charge is 2.10. The molecular formula is C17H32N4. The number of aromatic nitrogens is 1. The molecule has 1 atom stereocenters. The summed E-state index contributed by atoms with van der Waals surface area (Å²) < 4.78 is 0. The zero-order valence-corrected chi connectivity index (χ0v) is 14.4. The Balaban J connectivity index is 2.55. The second kappa shape index (κ2) is 9.74. The van der Waals surface area contributed by atoms with E-state index in [1.165, 1.54) is 12.1 Å². The monoisotopic (exact) mass is 292 g/mol. The fourth-order valence-corrected chi connectivity index (χ4v) is 2.36. The number of pyridine rings is 1. The van der Waals surface area contributed by atoms with Crippen LogP contribution in [-0.4, -0.2) is 50.7 Å². The van der Waals surface area contributed by atoms with Gasteiger partial charge in [-0.25, -0.2) is 0 Å². The summed E-state index contributed by atoms with van der Waals surface area (Å²) in [5.41, 5.74) is 2.35. The van der Waals surface area contributed by atoms with Crippen LogP contribution in [0.5, 0.6) is 0 Å². The van der Waals surface area contributed by atoms with Gasteiger partial charge in [0.15, 0.2) is 0 Å². The molecule has 1 rings (SSSR count). The van der Waals surface area contributed by atoms with Gasteiger partial charge in [0.25, 0.3) is 0 Å². The van der Waals surface area contributed by atoms with E-state index in [1.54, 1.807) is 0 Å². The second-order valence-electron chi connectivity index (χ2n) is 5.93. The third-order valence-electron chi connectivity index (χ3n) is 3.72. The van der Waals surface area contributed by atoms with Crippen LogP contribution in [0.15, 0.2) is 18.3 Å². The molecule has 1 aromatic heterocycles. The van der Waals surface area contributed by atoms with Crippen LogP contribution in [0.3, 0.4) is 0 Å². The van der Waals surface area contributed by atoms with E-state index in [0.717, 1.165) is 38.2 Å². The van der Waals surface area contributed by atoms with Gasteiger partial charge in [0, 0.05) is 19.6 Å². The van der Waals surface area contributed by atoms with Gasteiger partial charge in [-0.3, -0.25) is 4.98 Å². The van der Waals surface area contributed by atoms with Crippen molar-refractivity contribution < 1.29 is 0 Å². The van der Waals surface area contributed by atoms with Gasteiger partial charge < -0.3 is 15.1 Å². The van der Waals surface area contributed by atoms with Gasteiger partial charge in [-0.15, -0.1) is 0 Å². The maximum Gasteiger partial charge on any atom is 0.0574 e. The van der Waals surface area contributed by atoms with Crippen molar-refractivity contribution in [2.45, 2.75) is 39.2 Å². The SMILES string of the molecule is CCCNC(CC)c1ccc(N(C)CCCN(C)C)cn1. The van der Waals surface area contributed by atoms with Crippen LogP contribution >= 0.6 is 0 Å². The van der Waals surface area contributed by atoms with Gasteiger partial charge >= 0.3 is 0 Å². The highest BCUT2D eigenvalue weighted by Crippen LogP contribution is 2.18. The standard InChI is InChI=1S/C17H32N4/c1-6-11-18-16(7-2)17-10-9-15(14-19-17)21(5)13-8-12-20(3)4/h9-10,14,16,18H,6-8,11-13H2,1-5H3. The second-order valence-corrected chi connectivity index (χ2v) is 5.93. The first kappa shape index (κ1) is 17.9. The van der Waals surface area contributed by atoms with Gasteiger partial charge in [0.1, 0.15) is 0 Å². The average Bonchev–Trinajstić information content (AvgIpc) is 2.48. The maximum absolute atomic E-state index is 4.65. The fourth-order valence-electron chi connectivity index (χ4n) is 2.36. The maximum atomic E-state index is 4.65. The summed E-state index contributed by atoms with van der Waals surface area (Å²) >= 11 is 0.